The summed E-state index contributed by atoms with van der Waals surface area (Å²) >= 11 is 0. The van der Waals surface area contributed by atoms with Crippen molar-refractivity contribution in [2.45, 2.75) is 25.8 Å². The largest absolute Gasteiger partial charge is 0.380 e. The fourth-order valence-electron chi connectivity index (χ4n) is 4.25. The first-order valence-electron chi connectivity index (χ1n) is 8.87. The summed E-state index contributed by atoms with van der Waals surface area (Å²) in [5, 5.41) is 1.58. The number of amides is 1. The molecule has 0 unspecified atom stereocenters. The molecule has 0 radical (unpaired) electrons. The van der Waals surface area contributed by atoms with Crippen molar-refractivity contribution in [1.29, 1.82) is 0 Å². The first-order chi connectivity index (χ1) is 11.8. The van der Waals surface area contributed by atoms with Gasteiger partial charge in [0.25, 0.3) is 0 Å². The van der Waals surface area contributed by atoms with E-state index in [1.807, 2.05) is 12.3 Å². The van der Waals surface area contributed by atoms with Crippen LogP contribution in [0.1, 0.15) is 24.8 Å². The van der Waals surface area contributed by atoms with Crippen LogP contribution in [0, 0.1) is 11.3 Å². The fourth-order valence-corrected chi connectivity index (χ4v) is 4.25. The van der Waals surface area contributed by atoms with Crippen LogP contribution >= 0.6 is 0 Å². The third kappa shape index (κ3) is 3.18. The topological polar surface area (TPSA) is 54.9 Å². The summed E-state index contributed by atoms with van der Waals surface area (Å²) in [6.45, 7) is 5.61. The SMILES string of the molecule is O=C(C[C@]12COC[C@H]1CN(Cc1cccnc1)C2)N1CCCCO1. The minimum Gasteiger partial charge on any atom is -0.380 e. The second-order valence-corrected chi connectivity index (χ2v) is 7.32. The lowest BCUT2D eigenvalue weighted by Crippen LogP contribution is -2.41. The quantitative estimate of drug-likeness (QED) is 0.836. The number of carbonyl (C=O) groups is 1. The fraction of sp³-hybridized carbons (Fsp3) is 0.667. The zero-order valence-electron chi connectivity index (χ0n) is 14.0. The highest BCUT2D eigenvalue weighted by atomic mass is 16.7. The van der Waals surface area contributed by atoms with Crippen LogP contribution in [0.2, 0.25) is 0 Å². The van der Waals surface area contributed by atoms with Crippen molar-refractivity contribution in [3.8, 4) is 0 Å². The van der Waals surface area contributed by atoms with E-state index in [1.54, 1.807) is 11.3 Å². The molecule has 0 aromatic carbocycles. The number of nitrogens with zero attached hydrogens (tertiary/aromatic N) is 3. The molecule has 0 saturated carbocycles. The van der Waals surface area contributed by atoms with Gasteiger partial charge in [-0.2, -0.15) is 0 Å². The number of fused-ring (bicyclic) bond motifs is 1. The number of hydrogen-bond acceptors (Lipinski definition) is 5. The Morgan fingerprint density at radius 3 is 3.17 bits per heavy atom. The van der Waals surface area contributed by atoms with Crippen molar-refractivity contribution in [3.63, 3.8) is 0 Å². The van der Waals surface area contributed by atoms with Gasteiger partial charge in [-0.1, -0.05) is 6.07 Å². The van der Waals surface area contributed by atoms with Gasteiger partial charge in [0.1, 0.15) is 0 Å². The van der Waals surface area contributed by atoms with Crippen LogP contribution in [0.4, 0.5) is 0 Å². The third-order valence-corrected chi connectivity index (χ3v) is 5.50. The number of hydroxylamine groups is 2. The molecule has 3 saturated heterocycles. The van der Waals surface area contributed by atoms with E-state index in [0.717, 1.165) is 45.6 Å². The molecule has 1 amide bonds. The summed E-state index contributed by atoms with van der Waals surface area (Å²) < 4.78 is 5.75. The van der Waals surface area contributed by atoms with Gasteiger partial charge in [0, 0.05) is 56.3 Å². The first-order valence-corrected chi connectivity index (χ1v) is 8.87. The molecule has 3 aliphatic rings. The van der Waals surface area contributed by atoms with Crippen molar-refractivity contribution in [3.05, 3.63) is 30.1 Å². The van der Waals surface area contributed by atoms with Gasteiger partial charge >= 0.3 is 0 Å². The molecule has 0 N–H and O–H groups in total. The Labute approximate surface area is 142 Å². The molecular formula is C18H25N3O3. The molecule has 2 atom stereocenters. The van der Waals surface area contributed by atoms with E-state index in [1.165, 1.54) is 5.56 Å². The predicted octanol–water partition coefficient (Wildman–Crippen LogP) is 1.47. The van der Waals surface area contributed by atoms with E-state index < -0.39 is 0 Å². The van der Waals surface area contributed by atoms with E-state index in [2.05, 4.69) is 16.0 Å². The van der Waals surface area contributed by atoms with Crippen LogP contribution in [0.15, 0.2) is 24.5 Å². The lowest BCUT2D eigenvalue weighted by molar-refractivity contribution is -0.199. The predicted molar refractivity (Wildman–Crippen MR) is 87.8 cm³/mol. The summed E-state index contributed by atoms with van der Waals surface area (Å²) in [5.41, 5.74) is 1.17. The smallest absolute Gasteiger partial charge is 0.246 e. The summed E-state index contributed by atoms with van der Waals surface area (Å²) in [6.07, 6.45) is 6.32. The zero-order valence-corrected chi connectivity index (χ0v) is 14.0. The molecule has 3 fully saturated rings. The first kappa shape index (κ1) is 16.0. The molecule has 24 heavy (non-hydrogen) atoms. The van der Waals surface area contributed by atoms with E-state index in [4.69, 9.17) is 9.57 Å². The summed E-state index contributed by atoms with van der Waals surface area (Å²) in [4.78, 5) is 24.8. The van der Waals surface area contributed by atoms with Crippen molar-refractivity contribution in [1.82, 2.24) is 14.9 Å². The molecule has 1 aromatic heterocycles. The zero-order chi connectivity index (χ0) is 16.4. The van der Waals surface area contributed by atoms with Crippen molar-refractivity contribution < 1.29 is 14.4 Å². The molecule has 6 nitrogen and oxygen atoms in total. The minimum absolute atomic E-state index is 0.0555. The van der Waals surface area contributed by atoms with Crippen molar-refractivity contribution in [2.75, 3.05) is 39.5 Å². The van der Waals surface area contributed by atoms with Crippen molar-refractivity contribution >= 4 is 5.91 Å². The summed E-state index contributed by atoms with van der Waals surface area (Å²) in [7, 11) is 0. The molecule has 3 aliphatic heterocycles. The number of carbonyl (C=O) groups excluding carboxylic acids is 1. The average molecular weight is 331 g/mol. The van der Waals surface area contributed by atoms with E-state index in [0.29, 0.717) is 25.6 Å². The average Bonchev–Trinajstić information content (AvgIpc) is 3.12. The monoisotopic (exact) mass is 331 g/mol. The van der Waals surface area contributed by atoms with Crippen LogP contribution < -0.4 is 0 Å². The normalized spacial score (nSPS) is 30.5. The molecule has 0 spiro atoms. The lowest BCUT2D eigenvalue weighted by Gasteiger charge is -2.31. The van der Waals surface area contributed by atoms with Gasteiger partial charge in [0.05, 0.1) is 19.8 Å². The molecule has 0 bridgehead atoms. The Morgan fingerprint density at radius 1 is 1.42 bits per heavy atom. The highest BCUT2D eigenvalue weighted by molar-refractivity contribution is 5.76. The Kier molecular flexibility index (Phi) is 4.52. The van der Waals surface area contributed by atoms with Crippen LogP contribution in [-0.4, -0.2) is 60.3 Å². The number of ether oxygens (including phenoxy) is 1. The molecule has 4 rings (SSSR count). The standard InChI is InChI=1S/C18H25N3O3/c22-17(21-6-1-2-7-24-21)8-18-13-20(11-16(18)12-23-14-18)10-15-4-3-5-19-9-15/h3-5,9,16H,1-2,6-8,10-14H2/t16-,18+/m1/s1. The van der Waals surface area contributed by atoms with Crippen LogP contribution in [-0.2, 0) is 20.9 Å². The molecule has 1 aromatic rings. The highest BCUT2D eigenvalue weighted by Crippen LogP contribution is 2.44. The second-order valence-electron chi connectivity index (χ2n) is 7.32. The van der Waals surface area contributed by atoms with Crippen LogP contribution in [0.3, 0.4) is 0 Å². The van der Waals surface area contributed by atoms with Crippen LogP contribution in [0.5, 0.6) is 0 Å². The molecular weight excluding hydrogens is 306 g/mol. The Bertz CT molecular complexity index is 576. The molecule has 6 heteroatoms. The summed E-state index contributed by atoms with van der Waals surface area (Å²) in [6, 6.07) is 4.08. The van der Waals surface area contributed by atoms with Gasteiger partial charge < -0.3 is 4.74 Å². The van der Waals surface area contributed by atoms with Crippen LogP contribution in [0.25, 0.3) is 0 Å². The molecule has 0 aliphatic carbocycles. The lowest BCUT2D eigenvalue weighted by atomic mass is 9.78. The Morgan fingerprint density at radius 2 is 2.38 bits per heavy atom. The highest BCUT2D eigenvalue weighted by Gasteiger charge is 2.52. The number of aromatic nitrogens is 1. The van der Waals surface area contributed by atoms with E-state index >= 15 is 0 Å². The number of likely N-dealkylation sites (tertiary alicyclic amines) is 1. The maximum atomic E-state index is 12.7. The van der Waals surface area contributed by atoms with Gasteiger partial charge in [0.15, 0.2) is 0 Å². The van der Waals surface area contributed by atoms with Gasteiger partial charge in [-0.05, 0) is 24.5 Å². The molecule has 130 valence electrons. The number of rotatable bonds is 4. The Balaban J connectivity index is 1.41. The number of hydrogen-bond donors (Lipinski definition) is 0. The summed E-state index contributed by atoms with van der Waals surface area (Å²) in [5.74, 6) is 0.552. The van der Waals surface area contributed by atoms with Gasteiger partial charge in [-0.15, -0.1) is 0 Å². The van der Waals surface area contributed by atoms with Crippen molar-refractivity contribution in [2.24, 2.45) is 11.3 Å². The van der Waals surface area contributed by atoms with Gasteiger partial charge in [-0.25, -0.2) is 5.06 Å². The third-order valence-electron chi connectivity index (χ3n) is 5.50. The van der Waals surface area contributed by atoms with Gasteiger partial charge in [-0.3, -0.25) is 19.5 Å². The van der Waals surface area contributed by atoms with Gasteiger partial charge in [0.2, 0.25) is 5.91 Å². The minimum atomic E-state index is -0.0555. The maximum Gasteiger partial charge on any atom is 0.246 e. The maximum absolute atomic E-state index is 12.7. The Hall–Kier alpha value is -1.50. The van der Waals surface area contributed by atoms with E-state index in [-0.39, 0.29) is 11.3 Å². The molecule has 4 heterocycles. The van der Waals surface area contributed by atoms with E-state index in [9.17, 15) is 4.79 Å². The second kappa shape index (κ2) is 6.78. The number of pyridine rings is 1.